The molecule has 1 aliphatic rings. The van der Waals surface area contributed by atoms with E-state index in [0.29, 0.717) is 6.54 Å². The number of nitrogens with zero attached hydrogens (tertiary/aromatic N) is 1. The first kappa shape index (κ1) is 11.8. The van der Waals surface area contributed by atoms with Crippen molar-refractivity contribution in [2.75, 3.05) is 11.9 Å². The smallest absolute Gasteiger partial charge is 0.0726 e. The molecular weight excluding hydrogens is 244 g/mol. The number of fused-ring (bicyclic) bond motifs is 2. The Kier molecular flexibility index (Phi) is 3.14. The number of anilines is 1. The number of benzene rings is 1. The molecule has 1 unspecified atom stereocenters. The van der Waals surface area contributed by atoms with E-state index < -0.39 is 0 Å². The van der Waals surface area contributed by atoms with E-state index in [1.165, 1.54) is 11.3 Å². The molecule has 2 N–H and O–H groups in total. The number of aliphatic hydroxyl groups excluding tert-OH is 1. The van der Waals surface area contributed by atoms with Crippen molar-refractivity contribution < 1.29 is 5.11 Å². The Bertz CT molecular complexity index is 583. The van der Waals surface area contributed by atoms with Crippen molar-refractivity contribution in [1.29, 1.82) is 0 Å². The monoisotopic (exact) mass is 260 g/mol. The maximum Gasteiger partial charge on any atom is 0.0726 e. The Morgan fingerprint density at radius 2 is 2.22 bits per heavy atom. The topological polar surface area (TPSA) is 45.1 Å². The summed E-state index contributed by atoms with van der Waals surface area (Å²) < 4.78 is 0. The van der Waals surface area contributed by atoms with Gasteiger partial charge in [-0.3, -0.25) is 4.98 Å². The molecule has 1 aliphatic heterocycles. The molecule has 4 heteroatoms. The van der Waals surface area contributed by atoms with E-state index >= 15 is 0 Å². The molecule has 0 aliphatic carbocycles. The highest BCUT2D eigenvalue weighted by Crippen LogP contribution is 2.37. The molecule has 0 saturated heterocycles. The third-order valence-electron chi connectivity index (χ3n) is 3.14. The van der Waals surface area contributed by atoms with Crippen molar-refractivity contribution in [3.63, 3.8) is 0 Å². The van der Waals surface area contributed by atoms with E-state index in [1.807, 2.05) is 30.0 Å². The van der Waals surface area contributed by atoms with E-state index in [4.69, 9.17) is 4.98 Å². The van der Waals surface area contributed by atoms with E-state index in [2.05, 4.69) is 11.4 Å². The third-order valence-corrected chi connectivity index (χ3v) is 4.11. The normalized spacial score (nSPS) is 15.7. The minimum Gasteiger partial charge on any atom is -0.392 e. The van der Waals surface area contributed by atoms with E-state index in [9.17, 15) is 5.11 Å². The zero-order valence-electron chi connectivity index (χ0n) is 10.3. The first-order valence-electron chi connectivity index (χ1n) is 6.16. The van der Waals surface area contributed by atoms with Crippen LogP contribution in [0, 0.1) is 0 Å². The lowest BCUT2D eigenvalue weighted by atomic mass is 10.1. The predicted octanol–water partition coefficient (Wildman–Crippen LogP) is 2.77. The first-order valence-corrected chi connectivity index (χ1v) is 7.31. The first-order chi connectivity index (χ1) is 8.75. The van der Waals surface area contributed by atoms with Crippen LogP contribution in [0.4, 0.5) is 5.69 Å². The van der Waals surface area contributed by atoms with Gasteiger partial charge < -0.3 is 10.4 Å². The summed E-state index contributed by atoms with van der Waals surface area (Å²) in [6.45, 7) is 2.37. The van der Waals surface area contributed by atoms with Crippen LogP contribution in [0.5, 0.6) is 0 Å². The zero-order valence-corrected chi connectivity index (χ0v) is 11.1. The van der Waals surface area contributed by atoms with Gasteiger partial charge in [0, 0.05) is 34.7 Å². The summed E-state index contributed by atoms with van der Waals surface area (Å²) in [6.07, 6.45) is -0.346. The molecule has 3 rings (SSSR count). The van der Waals surface area contributed by atoms with Crippen LogP contribution in [0.25, 0.3) is 10.9 Å². The highest BCUT2D eigenvalue weighted by Gasteiger charge is 2.19. The number of hydrogen-bond acceptors (Lipinski definition) is 4. The minimum absolute atomic E-state index is 0.346. The largest absolute Gasteiger partial charge is 0.392 e. The fraction of sp³-hybridized carbons (Fsp3) is 0.357. The van der Waals surface area contributed by atoms with E-state index in [-0.39, 0.29) is 6.10 Å². The Hall–Kier alpha value is -1.26. The standard InChI is InChI=1S/C14H16N2OS/c1-9(17)6-15-14-10-4-2-3-5-12(10)16-13-8-18-7-11(13)14/h2-5,9,17H,6-8H2,1H3,(H,15,16). The SMILES string of the molecule is CC(O)CNc1c2c(nc3ccccc13)CSC2. The Balaban J connectivity index is 2.13. The molecule has 0 spiro atoms. The molecule has 1 aromatic heterocycles. The van der Waals surface area contributed by atoms with Crippen molar-refractivity contribution in [1.82, 2.24) is 4.98 Å². The summed E-state index contributed by atoms with van der Waals surface area (Å²) in [4.78, 5) is 4.72. The second kappa shape index (κ2) is 4.78. The quantitative estimate of drug-likeness (QED) is 0.890. The molecule has 18 heavy (non-hydrogen) atoms. The van der Waals surface area contributed by atoms with Crippen molar-refractivity contribution in [3.8, 4) is 0 Å². The summed E-state index contributed by atoms with van der Waals surface area (Å²) in [5, 5.41) is 14.0. The van der Waals surface area contributed by atoms with Crippen LogP contribution in [0.2, 0.25) is 0 Å². The molecule has 1 atom stereocenters. The third kappa shape index (κ3) is 2.06. The van der Waals surface area contributed by atoms with Gasteiger partial charge in [-0.15, -0.1) is 0 Å². The van der Waals surface area contributed by atoms with Crippen LogP contribution in [0.15, 0.2) is 24.3 Å². The van der Waals surface area contributed by atoms with Gasteiger partial charge in [0.05, 0.1) is 17.3 Å². The maximum absolute atomic E-state index is 9.45. The van der Waals surface area contributed by atoms with Gasteiger partial charge in [0.15, 0.2) is 0 Å². The number of para-hydroxylation sites is 1. The second-order valence-corrected chi connectivity index (χ2v) is 5.64. The number of rotatable bonds is 3. The lowest BCUT2D eigenvalue weighted by Gasteiger charge is -2.15. The lowest BCUT2D eigenvalue weighted by Crippen LogP contribution is -2.16. The number of aliphatic hydroxyl groups is 1. The summed E-state index contributed by atoms with van der Waals surface area (Å²) in [5.74, 6) is 2.00. The lowest BCUT2D eigenvalue weighted by molar-refractivity contribution is 0.208. The number of thioether (sulfide) groups is 1. The van der Waals surface area contributed by atoms with Crippen molar-refractivity contribution in [2.45, 2.75) is 24.5 Å². The van der Waals surface area contributed by atoms with Crippen molar-refractivity contribution >= 4 is 28.4 Å². The van der Waals surface area contributed by atoms with Gasteiger partial charge in [-0.2, -0.15) is 11.8 Å². The van der Waals surface area contributed by atoms with Gasteiger partial charge in [-0.05, 0) is 13.0 Å². The number of nitrogens with one attached hydrogen (secondary N) is 1. The Morgan fingerprint density at radius 1 is 1.39 bits per heavy atom. The summed E-state index contributed by atoms with van der Waals surface area (Å²) in [5.41, 5.74) is 4.68. The maximum atomic E-state index is 9.45. The molecular formula is C14H16N2OS. The summed E-state index contributed by atoms with van der Waals surface area (Å²) in [7, 11) is 0. The van der Waals surface area contributed by atoms with Crippen molar-refractivity contribution in [3.05, 3.63) is 35.5 Å². The second-order valence-electron chi connectivity index (χ2n) is 4.65. The van der Waals surface area contributed by atoms with Gasteiger partial charge in [0.2, 0.25) is 0 Å². The number of aromatic nitrogens is 1. The molecule has 94 valence electrons. The van der Waals surface area contributed by atoms with Crippen molar-refractivity contribution in [2.24, 2.45) is 0 Å². The van der Waals surface area contributed by atoms with Gasteiger partial charge in [0.25, 0.3) is 0 Å². The van der Waals surface area contributed by atoms with E-state index in [1.54, 1.807) is 6.92 Å². The average molecular weight is 260 g/mol. The van der Waals surface area contributed by atoms with Crippen LogP contribution in [-0.2, 0) is 11.5 Å². The Morgan fingerprint density at radius 3 is 3.06 bits per heavy atom. The van der Waals surface area contributed by atoms with Gasteiger partial charge in [-0.25, -0.2) is 0 Å². The highest BCUT2D eigenvalue weighted by atomic mass is 32.2. The fourth-order valence-corrected chi connectivity index (χ4v) is 3.33. The van der Waals surface area contributed by atoms with Gasteiger partial charge in [-0.1, -0.05) is 18.2 Å². The molecule has 2 aromatic rings. The molecule has 1 aromatic carbocycles. The summed E-state index contributed by atoms with van der Waals surface area (Å²) >= 11 is 1.90. The van der Waals surface area contributed by atoms with Crippen LogP contribution in [-0.4, -0.2) is 22.7 Å². The number of pyridine rings is 1. The van der Waals surface area contributed by atoms with Crippen LogP contribution < -0.4 is 5.32 Å². The van der Waals surface area contributed by atoms with Gasteiger partial charge >= 0.3 is 0 Å². The Labute approximate surface area is 111 Å². The van der Waals surface area contributed by atoms with Crippen LogP contribution in [0.3, 0.4) is 0 Å². The van der Waals surface area contributed by atoms with Crippen LogP contribution >= 0.6 is 11.8 Å². The molecule has 0 radical (unpaired) electrons. The molecule has 0 bridgehead atoms. The molecule has 2 heterocycles. The fourth-order valence-electron chi connectivity index (χ4n) is 2.28. The molecule has 0 fully saturated rings. The van der Waals surface area contributed by atoms with E-state index in [0.717, 1.165) is 28.1 Å². The number of hydrogen-bond donors (Lipinski definition) is 2. The molecule has 0 amide bonds. The molecule has 3 nitrogen and oxygen atoms in total. The average Bonchev–Trinajstić information content (AvgIpc) is 2.82. The molecule has 0 saturated carbocycles. The summed E-state index contributed by atoms with van der Waals surface area (Å²) in [6, 6.07) is 8.19. The minimum atomic E-state index is -0.346. The van der Waals surface area contributed by atoms with Crippen LogP contribution in [0.1, 0.15) is 18.2 Å². The predicted molar refractivity (Wildman–Crippen MR) is 76.9 cm³/mol. The zero-order chi connectivity index (χ0) is 12.5. The highest BCUT2D eigenvalue weighted by molar-refractivity contribution is 7.98. The van der Waals surface area contributed by atoms with Gasteiger partial charge in [0.1, 0.15) is 0 Å².